The van der Waals surface area contributed by atoms with Crippen LogP contribution >= 0.6 is 0 Å². The monoisotopic (exact) mass is 231 g/mol. The van der Waals surface area contributed by atoms with Crippen LogP contribution in [-0.4, -0.2) is 12.8 Å². The van der Waals surface area contributed by atoms with Crippen LogP contribution in [0.2, 0.25) is 0 Å². The van der Waals surface area contributed by atoms with Crippen LogP contribution in [0.5, 0.6) is 5.75 Å². The zero-order valence-electron chi connectivity index (χ0n) is 8.55. The summed E-state index contributed by atoms with van der Waals surface area (Å²) in [4.78, 5) is 0. The van der Waals surface area contributed by atoms with Gasteiger partial charge < -0.3 is 10.5 Å². The second-order valence-corrected chi connectivity index (χ2v) is 3.84. The van der Waals surface area contributed by atoms with Crippen LogP contribution < -0.4 is 10.5 Å². The Bertz CT molecular complexity index is 389. The van der Waals surface area contributed by atoms with Crippen molar-refractivity contribution in [3.63, 3.8) is 0 Å². The van der Waals surface area contributed by atoms with Crippen molar-refractivity contribution in [3.05, 3.63) is 29.3 Å². The van der Waals surface area contributed by atoms with Gasteiger partial charge in [-0.3, -0.25) is 0 Å². The predicted octanol–water partition coefficient (Wildman–Crippen LogP) is 2.57. The van der Waals surface area contributed by atoms with E-state index in [4.69, 9.17) is 10.5 Å². The van der Waals surface area contributed by atoms with E-state index in [1.807, 2.05) is 0 Å². The van der Waals surface area contributed by atoms with E-state index in [1.165, 1.54) is 12.1 Å². The molecule has 0 radical (unpaired) electrons. The lowest BCUT2D eigenvalue weighted by Gasteiger charge is -2.21. The summed E-state index contributed by atoms with van der Waals surface area (Å²) in [5.74, 6) is 0.671. The van der Waals surface area contributed by atoms with Gasteiger partial charge in [0.25, 0.3) is 0 Å². The number of alkyl halides is 3. The summed E-state index contributed by atoms with van der Waals surface area (Å²) < 4.78 is 42.6. The van der Waals surface area contributed by atoms with Gasteiger partial charge in [-0.2, -0.15) is 13.2 Å². The van der Waals surface area contributed by atoms with Gasteiger partial charge in [0.15, 0.2) is 0 Å². The molecule has 16 heavy (non-hydrogen) atoms. The van der Waals surface area contributed by atoms with E-state index in [1.54, 1.807) is 6.07 Å². The molecule has 5 heteroatoms. The fourth-order valence-electron chi connectivity index (χ4n) is 1.76. The van der Waals surface area contributed by atoms with Crippen LogP contribution in [-0.2, 0) is 6.42 Å². The zero-order chi connectivity index (χ0) is 11.8. The van der Waals surface area contributed by atoms with Crippen molar-refractivity contribution in [3.8, 4) is 5.75 Å². The van der Waals surface area contributed by atoms with Crippen LogP contribution in [0.4, 0.5) is 13.2 Å². The number of hydrogen-bond acceptors (Lipinski definition) is 2. The number of nitrogens with two attached hydrogens (primary N) is 1. The van der Waals surface area contributed by atoms with Crippen molar-refractivity contribution in [2.24, 2.45) is 5.73 Å². The molecule has 0 aromatic heterocycles. The molecule has 0 aliphatic carbocycles. The summed E-state index contributed by atoms with van der Waals surface area (Å²) in [5.41, 5.74) is 6.04. The summed E-state index contributed by atoms with van der Waals surface area (Å²) in [6.07, 6.45) is -2.82. The van der Waals surface area contributed by atoms with Crippen molar-refractivity contribution in [1.82, 2.24) is 0 Å². The molecule has 0 saturated carbocycles. The first-order chi connectivity index (χ1) is 7.48. The van der Waals surface area contributed by atoms with Gasteiger partial charge in [-0.1, -0.05) is 12.1 Å². The fraction of sp³-hybridized carbons (Fsp3) is 0.455. The number of aryl methyl sites for hydroxylation is 1. The molecule has 0 bridgehead atoms. The number of ether oxygens (including phenoxy) is 1. The van der Waals surface area contributed by atoms with E-state index in [2.05, 4.69) is 0 Å². The van der Waals surface area contributed by atoms with E-state index >= 15 is 0 Å². The lowest BCUT2D eigenvalue weighted by atomic mass is 9.99. The minimum atomic E-state index is -4.40. The van der Waals surface area contributed by atoms with E-state index in [0.29, 0.717) is 12.4 Å². The Morgan fingerprint density at radius 1 is 1.31 bits per heavy atom. The average Bonchev–Trinajstić information content (AvgIpc) is 2.26. The Hall–Kier alpha value is -1.23. The van der Waals surface area contributed by atoms with Gasteiger partial charge in [-0.15, -0.1) is 0 Å². The van der Waals surface area contributed by atoms with Gasteiger partial charge in [-0.25, -0.2) is 0 Å². The molecule has 2 N–H and O–H groups in total. The quantitative estimate of drug-likeness (QED) is 0.806. The molecular formula is C11H12F3NO. The SMILES string of the molecule is NC(c1ccc2c(c1)CCCO2)C(F)(F)F. The van der Waals surface area contributed by atoms with Crippen LogP contribution in [0, 0.1) is 0 Å². The maximum Gasteiger partial charge on any atom is 0.407 e. The Morgan fingerprint density at radius 3 is 2.75 bits per heavy atom. The topological polar surface area (TPSA) is 35.2 Å². The average molecular weight is 231 g/mol. The second-order valence-electron chi connectivity index (χ2n) is 3.84. The number of halogens is 3. The lowest BCUT2D eigenvalue weighted by molar-refractivity contribution is -0.149. The first-order valence-electron chi connectivity index (χ1n) is 5.06. The van der Waals surface area contributed by atoms with Crippen LogP contribution in [0.15, 0.2) is 18.2 Å². The minimum Gasteiger partial charge on any atom is -0.493 e. The molecule has 0 fully saturated rings. The molecule has 1 aromatic carbocycles. The highest BCUT2D eigenvalue weighted by atomic mass is 19.4. The smallest absolute Gasteiger partial charge is 0.407 e. The van der Waals surface area contributed by atoms with E-state index < -0.39 is 12.2 Å². The molecule has 88 valence electrons. The molecule has 0 saturated heterocycles. The largest absolute Gasteiger partial charge is 0.493 e. The molecule has 1 aliphatic heterocycles. The predicted molar refractivity (Wildman–Crippen MR) is 53.2 cm³/mol. The highest BCUT2D eigenvalue weighted by molar-refractivity contribution is 5.39. The van der Waals surface area contributed by atoms with E-state index in [-0.39, 0.29) is 5.56 Å². The summed E-state index contributed by atoms with van der Waals surface area (Å²) in [5, 5.41) is 0. The number of rotatable bonds is 1. The third-order valence-corrected chi connectivity index (χ3v) is 2.64. The van der Waals surface area contributed by atoms with Gasteiger partial charge in [0.1, 0.15) is 11.8 Å². The highest BCUT2D eigenvalue weighted by Crippen LogP contribution is 2.33. The second kappa shape index (κ2) is 3.97. The molecule has 1 heterocycles. The van der Waals surface area contributed by atoms with E-state index in [9.17, 15) is 13.2 Å². The fourth-order valence-corrected chi connectivity index (χ4v) is 1.76. The molecule has 0 spiro atoms. The summed E-state index contributed by atoms with van der Waals surface area (Å²) >= 11 is 0. The lowest BCUT2D eigenvalue weighted by Crippen LogP contribution is -2.28. The van der Waals surface area contributed by atoms with Crippen molar-refractivity contribution >= 4 is 0 Å². The van der Waals surface area contributed by atoms with Crippen molar-refractivity contribution < 1.29 is 17.9 Å². The van der Waals surface area contributed by atoms with Gasteiger partial charge in [-0.05, 0) is 30.0 Å². The third-order valence-electron chi connectivity index (χ3n) is 2.64. The van der Waals surface area contributed by atoms with E-state index in [0.717, 1.165) is 18.4 Å². The maximum absolute atomic E-state index is 12.4. The molecule has 1 unspecified atom stereocenters. The van der Waals surface area contributed by atoms with Gasteiger partial charge in [0.2, 0.25) is 0 Å². The standard InChI is InChI=1S/C11H12F3NO/c12-11(13,14)10(15)8-3-4-9-7(6-8)2-1-5-16-9/h3-4,6,10H,1-2,5,15H2. The Morgan fingerprint density at radius 2 is 2.06 bits per heavy atom. The first-order valence-corrected chi connectivity index (χ1v) is 5.06. The maximum atomic E-state index is 12.4. The highest BCUT2D eigenvalue weighted by Gasteiger charge is 2.38. The Kier molecular flexibility index (Phi) is 2.80. The number of fused-ring (bicyclic) bond motifs is 1. The summed E-state index contributed by atoms with van der Waals surface area (Å²) in [6.45, 7) is 0.623. The zero-order valence-corrected chi connectivity index (χ0v) is 8.55. The van der Waals surface area contributed by atoms with Crippen molar-refractivity contribution in [1.29, 1.82) is 0 Å². The van der Waals surface area contributed by atoms with Crippen LogP contribution in [0.1, 0.15) is 23.6 Å². The van der Waals surface area contributed by atoms with Crippen molar-refractivity contribution in [2.45, 2.75) is 25.1 Å². The molecule has 1 aromatic rings. The first kappa shape index (κ1) is 11.3. The summed E-state index contributed by atoms with van der Waals surface area (Å²) in [6, 6.07) is 2.52. The van der Waals surface area contributed by atoms with Crippen LogP contribution in [0.3, 0.4) is 0 Å². The minimum absolute atomic E-state index is 0.0942. The Labute approximate surface area is 91.2 Å². The summed E-state index contributed by atoms with van der Waals surface area (Å²) in [7, 11) is 0. The number of hydrogen-bond donors (Lipinski definition) is 1. The van der Waals surface area contributed by atoms with Gasteiger partial charge in [0.05, 0.1) is 6.61 Å². The van der Waals surface area contributed by atoms with Gasteiger partial charge >= 0.3 is 6.18 Å². The third kappa shape index (κ3) is 2.14. The molecule has 1 aliphatic rings. The number of benzene rings is 1. The Balaban J connectivity index is 2.30. The van der Waals surface area contributed by atoms with Crippen LogP contribution in [0.25, 0.3) is 0 Å². The van der Waals surface area contributed by atoms with Crippen molar-refractivity contribution in [2.75, 3.05) is 6.61 Å². The molecule has 1 atom stereocenters. The van der Waals surface area contributed by atoms with Gasteiger partial charge in [0, 0.05) is 0 Å². The molecular weight excluding hydrogens is 219 g/mol. The normalized spacial score (nSPS) is 17.5. The molecule has 2 rings (SSSR count). The molecule has 2 nitrogen and oxygen atoms in total. The molecule has 0 amide bonds.